The predicted octanol–water partition coefficient (Wildman–Crippen LogP) is 2.71. The van der Waals surface area contributed by atoms with Crippen molar-refractivity contribution in [3.05, 3.63) is 35.4 Å². The van der Waals surface area contributed by atoms with Crippen molar-refractivity contribution in [1.29, 1.82) is 0 Å². The van der Waals surface area contributed by atoms with Gasteiger partial charge in [0, 0.05) is 6.54 Å². The highest BCUT2D eigenvalue weighted by atomic mass is 14.8. The van der Waals surface area contributed by atoms with Gasteiger partial charge in [0.25, 0.3) is 0 Å². The Balaban J connectivity index is 2.13. The van der Waals surface area contributed by atoms with Gasteiger partial charge >= 0.3 is 0 Å². The summed E-state index contributed by atoms with van der Waals surface area (Å²) >= 11 is 0. The van der Waals surface area contributed by atoms with Crippen LogP contribution in [0.2, 0.25) is 0 Å². The lowest BCUT2D eigenvalue weighted by Crippen LogP contribution is -2.18. The second-order valence-electron chi connectivity index (χ2n) is 4.41. The molecule has 0 aromatic heterocycles. The van der Waals surface area contributed by atoms with Crippen LogP contribution in [0.15, 0.2) is 24.3 Å². The first-order valence-corrected chi connectivity index (χ1v) is 5.52. The van der Waals surface area contributed by atoms with Crippen LogP contribution >= 0.6 is 0 Å². The lowest BCUT2D eigenvalue weighted by atomic mass is 9.93. The van der Waals surface area contributed by atoms with Crippen molar-refractivity contribution in [3.8, 4) is 0 Å². The molecule has 1 fully saturated rings. The van der Waals surface area contributed by atoms with Crippen molar-refractivity contribution in [2.75, 3.05) is 13.6 Å². The summed E-state index contributed by atoms with van der Waals surface area (Å²) in [5.41, 5.74) is 2.86. The number of hydrogen-bond donors (Lipinski definition) is 1. The van der Waals surface area contributed by atoms with E-state index < -0.39 is 0 Å². The molecule has 0 bridgehead atoms. The van der Waals surface area contributed by atoms with Crippen LogP contribution in [0.4, 0.5) is 0 Å². The van der Waals surface area contributed by atoms with Crippen molar-refractivity contribution in [3.63, 3.8) is 0 Å². The van der Waals surface area contributed by atoms with Crippen LogP contribution in [0.5, 0.6) is 0 Å². The van der Waals surface area contributed by atoms with E-state index in [0.29, 0.717) is 0 Å². The van der Waals surface area contributed by atoms with Gasteiger partial charge in [0.2, 0.25) is 0 Å². The van der Waals surface area contributed by atoms with Gasteiger partial charge in [-0.05, 0) is 44.2 Å². The number of nitrogens with one attached hydrogen (secondary N) is 1. The Kier molecular flexibility index (Phi) is 2.87. The molecule has 1 aliphatic carbocycles. The van der Waals surface area contributed by atoms with E-state index in [-0.39, 0.29) is 0 Å². The van der Waals surface area contributed by atoms with E-state index in [2.05, 4.69) is 36.5 Å². The molecule has 1 nitrogen and oxygen atoms in total. The summed E-state index contributed by atoms with van der Waals surface area (Å²) in [6.45, 7) is 3.27. The number of rotatable bonds is 4. The molecule has 1 aromatic rings. The third-order valence-corrected chi connectivity index (χ3v) is 3.12. The third kappa shape index (κ3) is 2.16. The molecule has 14 heavy (non-hydrogen) atoms. The number of benzene rings is 1. The van der Waals surface area contributed by atoms with Gasteiger partial charge in [0.15, 0.2) is 0 Å². The van der Waals surface area contributed by atoms with Crippen molar-refractivity contribution < 1.29 is 0 Å². The van der Waals surface area contributed by atoms with Gasteiger partial charge in [0.1, 0.15) is 0 Å². The maximum absolute atomic E-state index is 3.30. The van der Waals surface area contributed by atoms with E-state index in [9.17, 15) is 0 Å². The SMILES string of the molecule is CNCC(c1ccc(C)cc1)C1CC1. The minimum atomic E-state index is 0.737. The van der Waals surface area contributed by atoms with Crippen LogP contribution in [0.1, 0.15) is 29.9 Å². The molecular weight excluding hydrogens is 170 g/mol. The average molecular weight is 189 g/mol. The number of aryl methyl sites for hydroxylation is 1. The molecule has 0 radical (unpaired) electrons. The van der Waals surface area contributed by atoms with Crippen molar-refractivity contribution in [1.82, 2.24) is 5.32 Å². The summed E-state index contributed by atoms with van der Waals surface area (Å²) in [7, 11) is 2.05. The van der Waals surface area contributed by atoms with Crippen LogP contribution in [-0.4, -0.2) is 13.6 Å². The molecule has 1 aliphatic rings. The third-order valence-electron chi connectivity index (χ3n) is 3.12. The summed E-state index contributed by atoms with van der Waals surface area (Å²) in [5.74, 6) is 1.67. The van der Waals surface area contributed by atoms with Crippen LogP contribution in [0.25, 0.3) is 0 Å². The molecule has 0 spiro atoms. The first-order valence-electron chi connectivity index (χ1n) is 5.52. The molecule has 1 unspecified atom stereocenters. The Hall–Kier alpha value is -0.820. The minimum Gasteiger partial charge on any atom is -0.319 e. The normalized spacial score (nSPS) is 18.1. The minimum absolute atomic E-state index is 0.737. The van der Waals surface area contributed by atoms with E-state index in [4.69, 9.17) is 0 Å². The molecule has 1 N–H and O–H groups in total. The summed E-state index contributed by atoms with van der Waals surface area (Å²) in [4.78, 5) is 0. The molecule has 2 rings (SSSR count). The maximum Gasteiger partial charge on any atom is 0.00198 e. The van der Waals surface area contributed by atoms with Crippen LogP contribution < -0.4 is 5.32 Å². The Morgan fingerprint density at radius 2 is 1.93 bits per heavy atom. The van der Waals surface area contributed by atoms with E-state index in [1.165, 1.54) is 24.0 Å². The first kappa shape index (κ1) is 9.72. The molecule has 0 heterocycles. The Morgan fingerprint density at radius 1 is 1.29 bits per heavy atom. The fourth-order valence-electron chi connectivity index (χ4n) is 2.09. The molecule has 1 aromatic carbocycles. The summed E-state index contributed by atoms with van der Waals surface area (Å²) in [6, 6.07) is 9.02. The Morgan fingerprint density at radius 3 is 2.43 bits per heavy atom. The molecule has 76 valence electrons. The second kappa shape index (κ2) is 4.14. The second-order valence-corrected chi connectivity index (χ2v) is 4.41. The average Bonchev–Trinajstić information content (AvgIpc) is 2.99. The zero-order valence-corrected chi connectivity index (χ0v) is 9.09. The molecule has 1 saturated carbocycles. The molecule has 1 heteroatoms. The highest BCUT2D eigenvalue weighted by molar-refractivity contribution is 5.26. The van der Waals surface area contributed by atoms with E-state index in [1.54, 1.807) is 0 Å². The molecular formula is C13H19N. The largest absolute Gasteiger partial charge is 0.319 e. The van der Waals surface area contributed by atoms with E-state index in [1.807, 2.05) is 7.05 Å². The van der Waals surface area contributed by atoms with Gasteiger partial charge in [-0.1, -0.05) is 29.8 Å². The molecule has 0 amide bonds. The van der Waals surface area contributed by atoms with Crippen LogP contribution in [0.3, 0.4) is 0 Å². The fraction of sp³-hybridized carbons (Fsp3) is 0.538. The fourth-order valence-corrected chi connectivity index (χ4v) is 2.09. The van der Waals surface area contributed by atoms with E-state index >= 15 is 0 Å². The van der Waals surface area contributed by atoms with Gasteiger partial charge in [0.05, 0.1) is 0 Å². The summed E-state index contributed by atoms with van der Waals surface area (Å²) in [6.07, 6.45) is 2.83. The maximum atomic E-state index is 3.30. The first-order chi connectivity index (χ1) is 6.81. The van der Waals surface area contributed by atoms with Gasteiger partial charge in [-0.15, -0.1) is 0 Å². The van der Waals surface area contributed by atoms with Gasteiger partial charge in [-0.25, -0.2) is 0 Å². The highest BCUT2D eigenvalue weighted by Gasteiger charge is 2.31. The summed E-state index contributed by atoms with van der Waals surface area (Å²) < 4.78 is 0. The Bertz CT molecular complexity index is 285. The Labute approximate surface area is 86.5 Å². The zero-order valence-electron chi connectivity index (χ0n) is 9.09. The number of hydrogen-bond acceptors (Lipinski definition) is 1. The molecule has 1 atom stereocenters. The van der Waals surface area contributed by atoms with Crippen molar-refractivity contribution >= 4 is 0 Å². The summed E-state index contributed by atoms with van der Waals surface area (Å²) in [5, 5.41) is 3.30. The lowest BCUT2D eigenvalue weighted by molar-refractivity contribution is 0.566. The van der Waals surface area contributed by atoms with Crippen LogP contribution in [-0.2, 0) is 0 Å². The monoisotopic (exact) mass is 189 g/mol. The van der Waals surface area contributed by atoms with Crippen molar-refractivity contribution in [2.24, 2.45) is 5.92 Å². The smallest absolute Gasteiger partial charge is 0.00198 e. The highest BCUT2D eigenvalue weighted by Crippen LogP contribution is 2.42. The standard InChI is InChI=1S/C13H19N/c1-10-3-5-11(6-4-10)13(9-14-2)12-7-8-12/h3-6,12-14H,7-9H2,1-2H3. The topological polar surface area (TPSA) is 12.0 Å². The van der Waals surface area contributed by atoms with Gasteiger partial charge in [-0.3, -0.25) is 0 Å². The zero-order chi connectivity index (χ0) is 9.97. The molecule has 0 aliphatic heterocycles. The van der Waals surface area contributed by atoms with Crippen molar-refractivity contribution in [2.45, 2.75) is 25.7 Å². The number of likely N-dealkylation sites (N-methyl/N-ethyl adjacent to an activating group) is 1. The van der Waals surface area contributed by atoms with Gasteiger partial charge < -0.3 is 5.32 Å². The van der Waals surface area contributed by atoms with Crippen LogP contribution in [0, 0.1) is 12.8 Å². The lowest BCUT2D eigenvalue weighted by Gasteiger charge is -2.16. The molecule has 0 saturated heterocycles. The predicted molar refractivity (Wildman–Crippen MR) is 60.6 cm³/mol. The van der Waals surface area contributed by atoms with E-state index in [0.717, 1.165) is 18.4 Å². The van der Waals surface area contributed by atoms with Gasteiger partial charge in [-0.2, -0.15) is 0 Å². The quantitative estimate of drug-likeness (QED) is 0.768.